The Hall–Kier alpha value is -1.26. The summed E-state index contributed by atoms with van der Waals surface area (Å²) in [5.74, 6) is 1.48. The van der Waals surface area contributed by atoms with Gasteiger partial charge in [0.1, 0.15) is 0 Å². The summed E-state index contributed by atoms with van der Waals surface area (Å²) < 4.78 is 15.8. The Morgan fingerprint density at radius 2 is 1.59 bits per heavy atom. The highest BCUT2D eigenvalue weighted by molar-refractivity contribution is 5.47. The van der Waals surface area contributed by atoms with Gasteiger partial charge in [-0.1, -0.05) is 0 Å². The van der Waals surface area contributed by atoms with Gasteiger partial charge in [-0.2, -0.15) is 0 Å². The molecule has 1 aromatic rings. The van der Waals surface area contributed by atoms with E-state index in [1.807, 2.05) is 12.1 Å². The van der Waals surface area contributed by atoms with E-state index < -0.39 is 0 Å². The maximum Gasteiger partial charge on any atom is 0.161 e. The molecular weight excluding hydrogens is 218 g/mol. The Labute approximate surface area is 103 Å². The fourth-order valence-corrected chi connectivity index (χ4v) is 1.78. The van der Waals surface area contributed by atoms with Gasteiger partial charge in [0, 0.05) is 7.11 Å². The van der Waals surface area contributed by atoms with E-state index in [1.54, 1.807) is 21.3 Å². The van der Waals surface area contributed by atoms with Crippen molar-refractivity contribution in [2.45, 2.75) is 19.4 Å². The van der Waals surface area contributed by atoms with E-state index in [4.69, 9.17) is 19.9 Å². The molecule has 1 aromatic carbocycles. The second kappa shape index (κ2) is 7.14. The van der Waals surface area contributed by atoms with Crippen molar-refractivity contribution >= 4 is 0 Å². The molecule has 0 aliphatic rings. The first-order valence-electron chi connectivity index (χ1n) is 5.69. The predicted molar refractivity (Wildman–Crippen MR) is 67.6 cm³/mol. The lowest BCUT2D eigenvalue weighted by molar-refractivity contribution is 0.183. The SMILES string of the molecule is COCc1cc(OC)c(OC)cc1CCCN. The third kappa shape index (κ3) is 3.61. The summed E-state index contributed by atoms with van der Waals surface area (Å²) in [6.07, 6.45) is 1.88. The first-order valence-corrected chi connectivity index (χ1v) is 5.69. The minimum Gasteiger partial charge on any atom is -0.493 e. The number of hydrogen-bond acceptors (Lipinski definition) is 4. The van der Waals surface area contributed by atoms with Crippen LogP contribution in [0.3, 0.4) is 0 Å². The minimum absolute atomic E-state index is 0.570. The molecule has 0 saturated carbocycles. The van der Waals surface area contributed by atoms with E-state index in [0.717, 1.165) is 29.9 Å². The molecule has 0 bridgehead atoms. The molecule has 0 fully saturated rings. The molecule has 0 aliphatic carbocycles. The smallest absolute Gasteiger partial charge is 0.161 e. The van der Waals surface area contributed by atoms with Crippen molar-refractivity contribution in [1.82, 2.24) is 0 Å². The van der Waals surface area contributed by atoms with E-state index in [9.17, 15) is 0 Å². The van der Waals surface area contributed by atoms with E-state index >= 15 is 0 Å². The molecule has 0 heterocycles. The Balaban J connectivity index is 3.05. The van der Waals surface area contributed by atoms with Gasteiger partial charge in [0.15, 0.2) is 11.5 Å². The molecule has 0 amide bonds. The molecule has 4 heteroatoms. The lowest BCUT2D eigenvalue weighted by Gasteiger charge is -2.14. The molecule has 1 rings (SSSR count). The zero-order valence-corrected chi connectivity index (χ0v) is 10.8. The second-order valence-corrected chi connectivity index (χ2v) is 3.80. The highest BCUT2D eigenvalue weighted by Gasteiger charge is 2.10. The molecule has 0 saturated heterocycles. The number of methoxy groups -OCH3 is 3. The van der Waals surface area contributed by atoms with Gasteiger partial charge in [0.25, 0.3) is 0 Å². The molecule has 17 heavy (non-hydrogen) atoms. The summed E-state index contributed by atoms with van der Waals surface area (Å²) in [6.45, 7) is 1.25. The largest absolute Gasteiger partial charge is 0.493 e. The molecule has 0 atom stereocenters. The molecule has 96 valence electrons. The molecule has 0 spiro atoms. The lowest BCUT2D eigenvalue weighted by atomic mass is 10.0. The van der Waals surface area contributed by atoms with Gasteiger partial charge in [-0.05, 0) is 42.6 Å². The number of benzene rings is 1. The third-order valence-electron chi connectivity index (χ3n) is 2.66. The average Bonchev–Trinajstić information content (AvgIpc) is 2.37. The maximum absolute atomic E-state index is 5.54. The summed E-state index contributed by atoms with van der Waals surface area (Å²) in [7, 11) is 4.96. The standard InChI is InChI=1S/C13H21NO3/c1-15-9-11-8-13(17-3)12(16-2)7-10(11)5-4-6-14/h7-8H,4-6,9,14H2,1-3H3. The third-order valence-corrected chi connectivity index (χ3v) is 2.66. The highest BCUT2D eigenvalue weighted by Crippen LogP contribution is 2.31. The van der Waals surface area contributed by atoms with Gasteiger partial charge in [-0.3, -0.25) is 0 Å². The van der Waals surface area contributed by atoms with Gasteiger partial charge < -0.3 is 19.9 Å². The molecular formula is C13H21NO3. The van der Waals surface area contributed by atoms with Crippen LogP contribution in [0.15, 0.2) is 12.1 Å². The summed E-state index contributed by atoms with van der Waals surface area (Å²) in [6, 6.07) is 3.97. The first kappa shape index (κ1) is 13.8. The Morgan fingerprint density at radius 3 is 2.06 bits per heavy atom. The van der Waals surface area contributed by atoms with Gasteiger partial charge in [-0.15, -0.1) is 0 Å². The van der Waals surface area contributed by atoms with Crippen LogP contribution in [-0.4, -0.2) is 27.9 Å². The van der Waals surface area contributed by atoms with Crippen LogP contribution in [0.2, 0.25) is 0 Å². The number of ether oxygens (including phenoxy) is 3. The minimum atomic E-state index is 0.570. The van der Waals surface area contributed by atoms with E-state index in [2.05, 4.69) is 0 Å². The molecule has 0 aliphatic heterocycles. The van der Waals surface area contributed by atoms with E-state index in [-0.39, 0.29) is 0 Å². The number of aryl methyl sites for hydroxylation is 1. The summed E-state index contributed by atoms with van der Waals surface area (Å²) >= 11 is 0. The van der Waals surface area contributed by atoms with Crippen LogP contribution in [-0.2, 0) is 17.8 Å². The fourth-order valence-electron chi connectivity index (χ4n) is 1.78. The number of hydrogen-bond donors (Lipinski definition) is 1. The van der Waals surface area contributed by atoms with Crippen molar-refractivity contribution in [3.63, 3.8) is 0 Å². The molecule has 0 radical (unpaired) electrons. The van der Waals surface area contributed by atoms with Crippen LogP contribution in [0, 0.1) is 0 Å². The molecule has 0 unspecified atom stereocenters. The Bertz CT molecular complexity index is 353. The second-order valence-electron chi connectivity index (χ2n) is 3.80. The van der Waals surface area contributed by atoms with E-state index in [0.29, 0.717) is 13.2 Å². The van der Waals surface area contributed by atoms with E-state index in [1.165, 1.54) is 5.56 Å². The maximum atomic E-state index is 5.54. The summed E-state index contributed by atoms with van der Waals surface area (Å²) in [5, 5.41) is 0. The van der Waals surface area contributed by atoms with Crippen LogP contribution in [0.4, 0.5) is 0 Å². The highest BCUT2D eigenvalue weighted by atomic mass is 16.5. The molecule has 0 aromatic heterocycles. The van der Waals surface area contributed by atoms with Gasteiger partial charge in [0.2, 0.25) is 0 Å². The monoisotopic (exact) mass is 239 g/mol. The summed E-state index contributed by atoms with van der Waals surface area (Å²) in [4.78, 5) is 0. The van der Waals surface area contributed by atoms with Crippen LogP contribution < -0.4 is 15.2 Å². The zero-order chi connectivity index (χ0) is 12.7. The van der Waals surface area contributed by atoms with Gasteiger partial charge in [-0.25, -0.2) is 0 Å². The van der Waals surface area contributed by atoms with Gasteiger partial charge >= 0.3 is 0 Å². The van der Waals surface area contributed by atoms with Crippen molar-refractivity contribution in [3.05, 3.63) is 23.3 Å². The summed E-state index contributed by atoms with van der Waals surface area (Å²) in [5.41, 5.74) is 7.87. The average molecular weight is 239 g/mol. The van der Waals surface area contributed by atoms with Gasteiger partial charge in [0.05, 0.1) is 20.8 Å². The van der Waals surface area contributed by atoms with Crippen molar-refractivity contribution in [2.24, 2.45) is 5.73 Å². The quantitative estimate of drug-likeness (QED) is 0.787. The molecule has 2 N–H and O–H groups in total. The van der Waals surface area contributed by atoms with Crippen molar-refractivity contribution in [2.75, 3.05) is 27.9 Å². The normalized spacial score (nSPS) is 10.4. The van der Waals surface area contributed by atoms with Crippen molar-refractivity contribution < 1.29 is 14.2 Å². The zero-order valence-electron chi connectivity index (χ0n) is 10.8. The first-order chi connectivity index (χ1) is 8.26. The van der Waals surface area contributed by atoms with Crippen molar-refractivity contribution in [1.29, 1.82) is 0 Å². The van der Waals surface area contributed by atoms with Crippen LogP contribution in [0.1, 0.15) is 17.5 Å². The topological polar surface area (TPSA) is 53.7 Å². The number of nitrogens with two attached hydrogens (primary N) is 1. The van der Waals surface area contributed by atoms with Crippen LogP contribution >= 0.6 is 0 Å². The number of rotatable bonds is 7. The Kier molecular flexibility index (Phi) is 5.80. The lowest BCUT2D eigenvalue weighted by Crippen LogP contribution is -2.04. The molecule has 4 nitrogen and oxygen atoms in total. The van der Waals surface area contributed by atoms with Crippen molar-refractivity contribution in [3.8, 4) is 11.5 Å². The predicted octanol–water partition coefficient (Wildman–Crippen LogP) is 1.74. The Morgan fingerprint density at radius 1 is 1.00 bits per heavy atom. The van der Waals surface area contributed by atoms with Crippen LogP contribution in [0.5, 0.6) is 11.5 Å². The fraction of sp³-hybridized carbons (Fsp3) is 0.538. The van der Waals surface area contributed by atoms with Crippen LogP contribution in [0.25, 0.3) is 0 Å².